The van der Waals surface area contributed by atoms with Crippen molar-refractivity contribution in [2.45, 2.75) is 6.92 Å². The molecule has 3 nitrogen and oxygen atoms in total. The molecule has 2 aromatic carbocycles. The highest BCUT2D eigenvalue weighted by molar-refractivity contribution is 5.59. The first-order chi connectivity index (χ1) is 9.22. The molecule has 0 N–H and O–H groups in total. The number of rotatable bonds is 2. The Morgan fingerprint density at radius 2 is 1.79 bits per heavy atom. The molecule has 94 valence electrons. The van der Waals surface area contributed by atoms with E-state index in [1.807, 2.05) is 31.2 Å². The molecule has 0 saturated heterocycles. The Kier molecular flexibility index (Phi) is 2.83. The number of aromatic nitrogens is 2. The minimum atomic E-state index is -0.326. The van der Waals surface area contributed by atoms with Crippen molar-refractivity contribution in [2.24, 2.45) is 0 Å². The molecule has 0 atom stereocenters. The maximum absolute atomic E-state index is 13.1. The lowest BCUT2D eigenvalue weighted by molar-refractivity contribution is 0.432. The summed E-state index contributed by atoms with van der Waals surface area (Å²) >= 11 is 0. The second-order valence-electron chi connectivity index (χ2n) is 4.30. The Morgan fingerprint density at radius 3 is 2.53 bits per heavy atom. The first kappa shape index (κ1) is 11.6. The van der Waals surface area contributed by atoms with Gasteiger partial charge in [-0.25, -0.2) is 4.39 Å². The topological polar surface area (TPSA) is 38.9 Å². The standard InChI is InChI=1S/C15H11FN2O/c1-10-5-7-11(8-6-10)14-17-15(19-18-14)12-3-2-4-13(16)9-12/h2-9H,1H3. The monoisotopic (exact) mass is 254 g/mol. The van der Waals surface area contributed by atoms with E-state index in [2.05, 4.69) is 10.1 Å². The van der Waals surface area contributed by atoms with Crippen LogP contribution in [0.15, 0.2) is 53.1 Å². The molecular weight excluding hydrogens is 243 g/mol. The summed E-state index contributed by atoms with van der Waals surface area (Å²) in [6.07, 6.45) is 0. The van der Waals surface area contributed by atoms with Crippen LogP contribution in [-0.4, -0.2) is 10.1 Å². The van der Waals surface area contributed by atoms with Crippen LogP contribution in [0.5, 0.6) is 0 Å². The van der Waals surface area contributed by atoms with E-state index in [-0.39, 0.29) is 5.82 Å². The van der Waals surface area contributed by atoms with Crippen molar-refractivity contribution in [3.05, 3.63) is 59.9 Å². The third kappa shape index (κ3) is 2.38. The summed E-state index contributed by atoms with van der Waals surface area (Å²) in [7, 11) is 0. The Bertz CT molecular complexity index is 704. The van der Waals surface area contributed by atoms with Crippen LogP contribution in [0.2, 0.25) is 0 Å². The van der Waals surface area contributed by atoms with Gasteiger partial charge < -0.3 is 4.52 Å². The molecule has 1 aromatic heterocycles. The lowest BCUT2D eigenvalue weighted by Gasteiger charge is -1.95. The molecule has 0 fully saturated rings. The summed E-state index contributed by atoms with van der Waals surface area (Å²) in [4.78, 5) is 4.28. The highest BCUT2D eigenvalue weighted by Crippen LogP contribution is 2.22. The molecular formula is C15H11FN2O. The van der Waals surface area contributed by atoms with Crippen molar-refractivity contribution in [3.8, 4) is 22.8 Å². The molecule has 0 radical (unpaired) electrons. The Labute approximate surface area is 109 Å². The van der Waals surface area contributed by atoms with Gasteiger partial charge in [0.15, 0.2) is 0 Å². The first-order valence-electron chi connectivity index (χ1n) is 5.89. The smallest absolute Gasteiger partial charge is 0.258 e. The predicted octanol–water partition coefficient (Wildman–Crippen LogP) is 3.85. The summed E-state index contributed by atoms with van der Waals surface area (Å²) in [5.74, 6) is 0.488. The summed E-state index contributed by atoms with van der Waals surface area (Å²) in [5, 5.41) is 3.91. The van der Waals surface area contributed by atoms with Crippen LogP contribution in [0, 0.1) is 12.7 Å². The lowest BCUT2D eigenvalue weighted by Crippen LogP contribution is -1.82. The number of hydrogen-bond donors (Lipinski definition) is 0. The predicted molar refractivity (Wildman–Crippen MR) is 69.9 cm³/mol. The number of nitrogens with zero attached hydrogens (tertiary/aromatic N) is 2. The number of hydrogen-bond acceptors (Lipinski definition) is 3. The van der Waals surface area contributed by atoms with E-state index in [1.54, 1.807) is 12.1 Å². The zero-order chi connectivity index (χ0) is 13.2. The largest absolute Gasteiger partial charge is 0.334 e. The summed E-state index contributed by atoms with van der Waals surface area (Å²) in [5.41, 5.74) is 2.61. The van der Waals surface area contributed by atoms with Crippen LogP contribution >= 0.6 is 0 Å². The molecule has 0 spiro atoms. The quantitative estimate of drug-likeness (QED) is 0.697. The van der Waals surface area contributed by atoms with Crippen LogP contribution in [-0.2, 0) is 0 Å². The van der Waals surface area contributed by atoms with E-state index in [0.29, 0.717) is 17.3 Å². The molecule has 4 heteroatoms. The van der Waals surface area contributed by atoms with E-state index in [0.717, 1.165) is 11.1 Å². The lowest BCUT2D eigenvalue weighted by atomic mass is 10.1. The maximum atomic E-state index is 13.1. The van der Waals surface area contributed by atoms with Crippen LogP contribution in [0.25, 0.3) is 22.8 Å². The minimum absolute atomic E-state index is 0.315. The minimum Gasteiger partial charge on any atom is -0.334 e. The molecule has 0 bridgehead atoms. The molecule has 0 aliphatic carbocycles. The molecule has 3 aromatic rings. The zero-order valence-corrected chi connectivity index (χ0v) is 10.3. The summed E-state index contributed by atoms with van der Waals surface area (Å²) < 4.78 is 18.3. The normalized spacial score (nSPS) is 10.6. The SMILES string of the molecule is Cc1ccc(-c2noc(-c3cccc(F)c3)n2)cc1. The highest BCUT2D eigenvalue weighted by atomic mass is 19.1. The number of benzene rings is 2. The van der Waals surface area contributed by atoms with Gasteiger partial charge in [0, 0.05) is 11.1 Å². The van der Waals surface area contributed by atoms with Crippen LogP contribution in [0.4, 0.5) is 4.39 Å². The van der Waals surface area contributed by atoms with Gasteiger partial charge in [0.2, 0.25) is 5.82 Å². The van der Waals surface area contributed by atoms with Gasteiger partial charge >= 0.3 is 0 Å². The van der Waals surface area contributed by atoms with Gasteiger partial charge in [0.25, 0.3) is 5.89 Å². The molecule has 0 unspecified atom stereocenters. The van der Waals surface area contributed by atoms with Gasteiger partial charge in [-0.1, -0.05) is 41.1 Å². The van der Waals surface area contributed by atoms with Crippen molar-refractivity contribution >= 4 is 0 Å². The highest BCUT2D eigenvalue weighted by Gasteiger charge is 2.10. The Balaban J connectivity index is 1.97. The molecule has 19 heavy (non-hydrogen) atoms. The summed E-state index contributed by atoms with van der Waals surface area (Å²) in [6.45, 7) is 2.01. The number of halogens is 1. The average molecular weight is 254 g/mol. The first-order valence-corrected chi connectivity index (χ1v) is 5.89. The molecule has 1 heterocycles. The second kappa shape index (κ2) is 4.65. The van der Waals surface area contributed by atoms with Crippen molar-refractivity contribution in [3.63, 3.8) is 0 Å². The molecule has 0 aliphatic heterocycles. The fraction of sp³-hybridized carbons (Fsp3) is 0.0667. The van der Waals surface area contributed by atoms with Gasteiger partial charge in [-0.2, -0.15) is 4.98 Å². The molecule has 0 aliphatic rings. The van der Waals surface area contributed by atoms with E-state index in [9.17, 15) is 4.39 Å². The van der Waals surface area contributed by atoms with Crippen LogP contribution < -0.4 is 0 Å². The zero-order valence-electron chi connectivity index (χ0n) is 10.3. The fourth-order valence-electron chi connectivity index (χ4n) is 1.78. The molecule has 3 rings (SSSR count). The van der Waals surface area contributed by atoms with E-state index >= 15 is 0 Å². The van der Waals surface area contributed by atoms with Gasteiger partial charge in [0.1, 0.15) is 5.82 Å². The van der Waals surface area contributed by atoms with E-state index in [1.165, 1.54) is 12.1 Å². The second-order valence-corrected chi connectivity index (χ2v) is 4.30. The third-order valence-corrected chi connectivity index (χ3v) is 2.81. The van der Waals surface area contributed by atoms with E-state index < -0.39 is 0 Å². The van der Waals surface area contributed by atoms with Gasteiger partial charge in [-0.15, -0.1) is 0 Å². The average Bonchev–Trinajstić information content (AvgIpc) is 2.89. The van der Waals surface area contributed by atoms with Crippen molar-refractivity contribution in [1.29, 1.82) is 0 Å². The molecule has 0 amide bonds. The molecule has 0 saturated carbocycles. The summed E-state index contributed by atoms with van der Waals surface area (Å²) in [6, 6.07) is 13.9. The maximum Gasteiger partial charge on any atom is 0.258 e. The van der Waals surface area contributed by atoms with Gasteiger partial charge in [-0.3, -0.25) is 0 Å². The van der Waals surface area contributed by atoms with E-state index in [4.69, 9.17) is 4.52 Å². The fourth-order valence-corrected chi connectivity index (χ4v) is 1.78. The Morgan fingerprint density at radius 1 is 1.00 bits per heavy atom. The van der Waals surface area contributed by atoms with Crippen LogP contribution in [0.3, 0.4) is 0 Å². The number of aryl methyl sites for hydroxylation is 1. The van der Waals surface area contributed by atoms with Crippen molar-refractivity contribution < 1.29 is 8.91 Å². The third-order valence-electron chi connectivity index (χ3n) is 2.81. The van der Waals surface area contributed by atoms with Gasteiger partial charge in [-0.05, 0) is 25.1 Å². The van der Waals surface area contributed by atoms with Gasteiger partial charge in [0.05, 0.1) is 0 Å². The van der Waals surface area contributed by atoms with Crippen LogP contribution in [0.1, 0.15) is 5.56 Å². The Hall–Kier alpha value is -2.49. The van der Waals surface area contributed by atoms with Crippen molar-refractivity contribution in [2.75, 3.05) is 0 Å². The van der Waals surface area contributed by atoms with Crippen molar-refractivity contribution in [1.82, 2.24) is 10.1 Å².